The van der Waals surface area contributed by atoms with Crippen molar-refractivity contribution in [2.45, 2.75) is 12.1 Å². The Bertz CT molecular complexity index is 656. The van der Waals surface area contributed by atoms with Crippen LogP contribution in [0, 0.1) is 5.82 Å². The Balaban J connectivity index is 1.70. The topological polar surface area (TPSA) is 76.4 Å². The summed E-state index contributed by atoms with van der Waals surface area (Å²) >= 11 is 0. The Morgan fingerprint density at radius 1 is 1.41 bits per heavy atom. The van der Waals surface area contributed by atoms with Crippen LogP contribution in [-0.4, -0.2) is 43.4 Å². The van der Waals surface area contributed by atoms with E-state index in [2.05, 4.69) is 15.8 Å². The van der Waals surface area contributed by atoms with Crippen LogP contribution in [0.25, 0.3) is 11.3 Å². The number of amides is 1. The number of rotatable bonds is 4. The summed E-state index contributed by atoms with van der Waals surface area (Å²) in [5.41, 5.74) is 0.839. The molecule has 2 aromatic rings. The van der Waals surface area contributed by atoms with Gasteiger partial charge >= 0.3 is 0 Å². The number of benzene rings is 1. The predicted molar refractivity (Wildman–Crippen MR) is 76.8 cm³/mol. The van der Waals surface area contributed by atoms with Crippen LogP contribution in [0.4, 0.5) is 4.39 Å². The molecule has 2 atom stereocenters. The number of nitrogens with zero attached hydrogens (tertiary/aromatic N) is 1. The molecule has 2 unspecified atom stereocenters. The Labute approximate surface area is 126 Å². The molecular formula is C15H16FN3O3. The number of ether oxygens (including phenoxy) is 1. The van der Waals surface area contributed by atoms with Gasteiger partial charge in [-0.15, -0.1) is 0 Å². The quantitative estimate of drug-likeness (QED) is 0.887. The molecule has 3 rings (SSSR count). The van der Waals surface area contributed by atoms with Crippen LogP contribution in [-0.2, 0) is 4.74 Å². The summed E-state index contributed by atoms with van der Waals surface area (Å²) < 4.78 is 23.3. The molecule has 7 heteroatoms. The van der Waals surface area contributed by atoms with Crippen LogP contribution in [0.1, 0.15) is 10.5 Å². The monoisotopic (exact) mass is 305 g/mol. The minimum Gasteiger partial charge on any atom is -0.378 e. The van der Waals surface area contributed by atoms with E-state index in [0.29, 0.717) is 24.4 Å². The highest BCUT2D eigenvalue weighted by Crippen LogP contribution is 2.20. The molecule has 1 aromatic heterocycles. The number of methoxy groups -OCH3 is 1. The van der Waals surface area contributed by atoms with Gasteiger partial charge in [0.15, 0.2) is 11.5 Å². The summed E-state index contributed by atoms with van der Waals surface area (Å²) in [5, 5.41) is 9.77. The summed E-state index contributed by atoms with van der Waals surface area (Å²) in [6.07, 6.45) is -0.0626. The molecule has 1 saturated heterocycles. The van der Waals surface area contributed by atoms with Gasteiger partial charge in [-0.05, 0) is 24.3 Å². The summed E-state index contributed by atoms with van der Waals surface area (Å²) in [4.78, 5) is 12.2. The lowest BCUT2D eigenvalue weighted by atomic mass is 10.1. The molecule has 0 radical (unpaired) electrons. The van der Waals surface area contributed by atoms with Gasteiger partial charge in [0.2, 0.25) is 0 Å². The van der Waals surface area contributed by atoms with E-state index >= 15 is 0 Å². The van der Waals surface area contributed by atoms with Crippen LogP contribution in [0.3, 0.4) is 0 Å². The van der Waals surface area contributed by atoms with Gasteiger partial charge in [0.05, 0.1) is 12.1 Å². The van der Waals surface area contributed by atoms with Crippen molar-refractivity contribution in [1.29, 1.82) is 0 Å². The van der Waals surface area contributed by atoms with Gasteiger partial charge in [0.1, 0.15) is 5.82 Å². The zero-order valence-electron chi connectivity index (χ0n) is 12.0. The maximum absolute atomic E-state index is 12.9. The molecule has 1 aliphatic rings. The van der Waals surface area contributed by atoms with Crippen LogP contribution in [0.5, 0.6) is 0 Å². The Morgan fingerprint density at radius 3 is 2.91 bits per heavy atom. The molecule has 1 aromatic carbocycles. The predicted octanol–water partition coefficient (Wildman–Crippen LogP) is 1.20. The second-order valence-electron chi connectivity index (χ2n) is 5.10. The van der Waals surface area contributed by atoms with E-state index in [9.17, 15) is 9.18 Å². The van der Waals surface area contributed by atoms with Crippen molar-refractivity contribution in [3.05, 3.63) is 41.8 Å². The van der Waals surface area contributed by atoms with Crippen LogP contribution in [0.2, 0.25) is 0 Å². The number of carbonyl (C=O) groups is 1. The van der Waals surface area contributed by atoms with Gasteiger partial charge in [0, 0.05) is 31.8 Å². The zero-order valence-corrected chi connectivity index (χ0v) is 12.0. The van der Waals surface area contributed by atoms with Crippen LogP contribution < -0.4 is 10.6 Å². The highest BCUT2D eigenvalue weighted by Gasteiger charge is 2.29. The number of nitrogens with one attached hydrogen (secondary N) is 2. The van der Waals surface area contributed by atoms with E-state index < -0.39 is 0 Å². The fraction of sp³-hybridized carbons (Fsp3) is 0.333. The average molecular weight is 305 g/mol. The summed E-state index contributed by atoms with van der Waals surface area (Å²) in [6.45, 7) is 1.34. The molecule has 2 heterocycles. The zero-order chi connectivity index (χ0) is 15.5. The summed E-state index contributed by atoms with van der Waals surface area (Å²) in [6, 6.07) is 7.21. The van der Waals surface area contributed by atoms with Gasteiger partial charge in [0.25, 0.3) is 5.91 Å². The first-order valence-electron chi connectivity index (χ1n) is 6.94. The molecule has 6 nitrogen and oxygen atoms in total. The minimum atomic E-state index is -0.333. The van der Waals surface area contributed by atoms with Crippen molar-refractivity contribution in [2.24, 2.45) is 0 Å². The van der Waals surface area contributed by atoms with Gasteiger partial charge in [-0.2, -0.15) is 0 Å². The lowest BCUT2D eigenvalue weighted by molar-refractivity contribution is 0.0773. The SMILES string of the molecule is COC1CNCC1NC(=O)c1cc(-c2ccc(F)cc2)on1. The third kappa shape index (κ3) is 3.00. The van der Waals surface area contributed by atoms with E-state index in [0.717, 1.165) is 0 Å². The normalized spacial score (nSPS) is 21.0. The molecule has 0 aliphatic carbocycles. The third-order valence-electron chi connectivity index (χ3n) is 3.65. The third-order valence-corrected chi connectivity index (χ3v) is 3.65. The van der Waals surface area contributed by atoms with E-state index in [1.54, 1.807) is 19.2 Å². The molecule has 1 amide bonds. The maximum Gasteiger partial charge on any atom is 0.273 e. The van der Waals surface area contributed by atoms with Crippen LogP contribution >= 0.6 is 0 Å². The lowest BCUT2D eigenvalue weighted by Gasteiger charge is -2.17. The fourth-order valence-electron chi connectivity index (χ4n) is 2.42. The van der Waals surface area contributed by atoms with Gasteiger partial charge < -0.3 is 19.9 Å². The highest BCUT2D eigenvalue weighted by atomic mass is 19.1. The molecular weight excluding hydrogens is 289 g/mol. The fourth-order valence-corrected chi connectivity index (χ4v) is 2.42. The number of hydrogen-bond acceptors (Lipinski definition) is 5. The Kier molecular flexibility index (Phi) is 4.17. The summed E-state index contributed by atoms with van der Waals surface area (Å²) in [7, 11) is 1.61. The first-order chi connectivity index (χ1) is 10.7. The van der Waals surface area contributed by atoms with Crippen molar-refractivity contribution in [2.75, 3.05) is 20.2 Å². The van der Waals surface area contributed by atoms with Crippen molar-refractivity contribution in [3.63, 3.8) is 0 Å². The number of aromatic nitrogens is 1. The molecule has 1 fully saturated rings. The van der Waals surface area contributed by atoms with E-state index in [-0.39, 0.29) is 29.6 Å². The van der Waals surface area contributed by atoms with E-state index in [1.165, 1.54) is 18.2 Å². The minimum absolute atomic E-state index is 0.0626. The van der Waals surface area contributed by atoms with E-state index in [1.807, 2.05) is 0 Å². The van der Waals surface area contributed by atoms with Gasteiger partial charge in [-0.3, -0.25) is 4.79 Å². The maximum atomic E-state index is 12.9. The number of hydrogen-bond donors (Lipinski definition) is 2. The van der Waals surface area contributed by atoms with Gasteiger partial charge in [-0.25, -0.2) is 4.39 Å². The second kappa shape index (κ2) is 6.25. The van der Waals surface area contributed by atoms with Crippen molar-refractivity contribution in [1.82, 2.24) is 15.8 Å². The summed E-state index contributed by atoms with van der Waals surface area (Å²) in [5.74, 6) is -0.244. The first kappa shape index (κ1) is 14.7. The van der Waals surface area contributed by atoms with Crippen molar-refractivity contribution in [3.8, 4) is 11.3 Å². The highest BCUT2D eigenvalue weighted by molar-refractivity contribution is 5.93. The molecule has 116 valence electrons. The molecule has 0 spiro atoms. The molecule has 0 bridgehead atoms. The molecule has 0 saturated carbocycles. The second-order valence-corrected chi connectivity index (χ2v) is 5.10. The molecule has 22 heavy (non-hydrogen) atoms. The molecule has 1 aliphatic heterocycles. The number of halogens is 1. The van der Waals surface area contributed by atoms with Crippen molar-refractivity contribution >= 4 is 5.91 Å². The standard InChI is InChI=1S/C15H16FN3O3/c1-21-14-8-17-7-12(14)18-15(20)11-6-13(22-19-11)9-2-4-10(16)5-3-9/h2-6,12,14,17H,7-8H2,1H3,(H,18,20). The first-order valence-corrected chi connectivity index (χ1v) is 6.94. The lowest BCUT2D eigenvalue weighted by Crippen LogP contribution is -2.43. The Morgan fingerprint density at radius 2 is 2.18 bits per heavy atom. The average Bonchev–Trinajstić information content (AvgIpc) is 3.16. The van der Waals surface area contributed by atoms with Crippen molar-refractivity contribution < 1.29 is 18.4 Å². The van der Waals surface area contributed by atoms with Crippen LogP contribution in [0.15, 0.2) is 34.9 Å². The van der Waals surface area contributed by atoms with E-state index in [4.69, 9.17) is 9.26 Å². The van der Waals surface area contributed by atoms with Gasteiger partial charge in [-0.1, -0.05) is 5.16 Å². The largest absolute Gasteiger partial charge is 0.378 e. The Hall–Kier alpha value is -2.25. The number of carbonyl (C=O) groups excluding carboxylic acids is 1. The smallest absolute Gasteiger partial charge is 0.273 e. The molecule has 2 N–H and O–H groups in total.